The van der Waals surface area contributed by atoms with Crippen molar-refractivity contribution in [1.29, 1.82) is 0 Å². The summed E-state index contributed by atoms with van der Waals surface area (Å²) in [6.45, 7) is 0.230. The second-order valence-electron chi connectivity index (χ2n) is 6.51. The van der Waals surface area contributed by atoms with Gasteiger partial charge in [0.25, 0.3) is 5.91 Å². The molecule has 2 aromatic rings. The van der Waals surface area contributed by atoms with E-state index in [2.05, 4.69) is 15.3 Å². The molecular weight excluding hydrogens is 334 g/mol. The van der Waals surface area contributed by atoms with Crippen LogP contribution in [0.25, 0.3) is 0 Å². The van der Waals surface area contributed by atoms with Gasteiger partial charge in [-0.2, -0.15) is 0 Å². The molecule has 4 rings (SSSR count). The molecule has 7 nitrogen and oxygen atoms in total. The van der Waals surface area contributed by atoms with Crippen LogP contribution in [0.3, 0.4) is 0 Å². The van der Waals surface area contributed by atoms with Gasteiger partial charge in [-0.15, -0.1) is 0 Å². The van der Waals surface area contributed by atoms with Gasteiger partial charge in [-0.1, -0.05) is 12.1 Å². The first-order valence-corrected chi connectivity index (χ1v) is 8.89. The Morgan fingerprint density at radius 3 is 2.69 bits per heavy atom. The third-order valence-electron chi connectivity index (χ3n) is 4.65. The predicted octanol–water partition coefficient (Wildman–Crippen LogP) is 2.12. The van der Waals surface area contributed by atoms with Crippen LogP contribution in [0.1, 0.15) is 25.7 Å². The Kier molecular flexibility index (Phi) is 4.86. The quantitative estimate of drug-likeness (QED) is 0.905. The fraction of sp³-hybridized carbons (Fsp3) is 0.421. The predicted molar refractivity (Wildman–Crippen MR) is 93.2 cm³/mol. The van der Waals surface area contributed by atoms with E-state index in [9.17, 15) is 4.79 Å². The highest BCUT2D eigenvalue weighted by Crippen LogP contribution is 2.31. The minimum Gasteiger partial charge on any atom is -0.485 e. The van der Waals surface area contributed by atoms with Crippen molar-refractivity contribution < 1.29 is 19.0 Å². The third kappa shape index (κ3) is 3.87. The number of para-hydroxylation sites is 2. The summed E-state index contributed by atoms with van der Waals surface area (Å²) in [6.07, 6.45) is 7.81. The highest BCUT2D eigenvalue weighted by atomic mass is 16.6. The molecular formula is C19H21N3O4. The van der Waals surface area contributed by atoms with Crippen molar-refractivity contribution in [2.24, 2.45) is 0 Å². The van der Waals surface area contributed by atoms with E-state index in [1.807, 2.05) is 24.3 Å². The van der Waals surface area contributed by atoms with Crippen molar-refractivity contribution in [3.8, 4) is 17.4 Å². The average molecular weight is 355 g/mol. The van der Waals surface area contributed by atoms with Gasteiger partial charge < -0.3 is 19.5 Å². The number of hydrogen-bond acceptors (Lipinski definition) is 6. The molecule has 2 heterocycles. The number of ether oxygens (including phenoxy) is 3. The van der Waals surface area contributed by atoms with E-state index in [0.717, 1.165) is 25.7 Å². The fourth-order valence-corrected chi connectivity index (χ4v) is 3.28. The van der Waals surface area contributed by atoms with Crippen LogP contribution in [0.2, 0.25) is 0 Å². The van der Waals surface area contributed by atoms with Crippen molar-refractivity contribution in [1.82, 2.24) is 15.3 Å². The number of nitrogens with one attached hydrogen (secondary N) is 1. The molecule has 1 aromatic carbocycles. The molecule has 136 valence electrons. The van der Waals surface area contributed by atoms with E-state index < -0.39 is 6.10 Å². The molecule has 1 aliphatic carbocycles. The van der Waals surface area contributed by atoms with Crippen molar-refractivity contribution in [2.75, 3.05) is 6.61 Å². The average Bonchev–Trinajstić information content (AvgIpc) is 2.70. The van der Waals surface area contributed by atoms with Gasteiger partial charge in [0.05, 0.1) is 6.20 Å². The lowest BCUT2D eigenvalue weighted by Crippen LogP contribution is -2.49. The van der Waals surface area contributed by atoms with Crippen LogP contribution >= 0.6 is 0 Å². The van der Waals surface area contributed by atoms with E-state index in [4.69, 9.17) is 14.2 Å². The maximum Gasteiger partial charge on any atom is 0.264 e. The lowest BCUT2D eigenvalue weighted by molar-refractivity contribution is -0.131. The van der Waals surface area contributed by atoms with Crippen LogP contribution in [0.5, 0.6) is 17.4 Å². The van der Waals surface area contributed by atoms with Gasteiger partial charge in [0.2, 0.25) is 12.0 Å². The lowest BCUT2D eigenvalue weighted by atomic mass is 9.93. The van der Waals surface area contributed by atoms with Gasteiger partial charge in [0, 0.05) is 18.4 Å². The zero-order valence-electron chi connectivity index (χ0n) is 14.3. The Morgan fingerprint density at radius 1 is 1.12 bits per heavy atom. The van der Waals surface area contributed by atoms with E-state index >= 15 is 0 Å². The van der Waals surface area contributed by atoms with Crippen LogP contribution in [0.4, 0.5) is 0 Å². The van der Waals surface area contributed by atoms with E-state index in [1.54, 1.807) is 18.6 Å². The van der Waals surface area contributed by atoms with Crippen LogP contribution in [0.15, 0.2) is 42.9 Å². The lowest BCUT2D eigenvalue weighted by Gasteiger charge is -2.31. The minimum absolute atomic E-state index is 0.112. The Labute approximate surface area is 151 Å². The molecule has 1 atom stereocenters. The summed E-state index contributed by atoms with van der Waals surface area (Å²) in [5, 5.41) is 3.08. The molecule has 1 N–H and O–H groups in total. The van der Waals surface area contributed by atoms with Gasteiger partial charge in [0.1, 0.15) is 12.7 Å². The van der Waals surface area contributed by atoms with Crippen LogP contribution in [0, 0.1) is 0 Å². The third-order valence-corrected chi connectivity index (χ3v) is 4.65. The van der Waals surface area contributed by atoms with Gasteiger partial charge in [-0.05, 0) is 37.8 Å². The minimum atomic E-state index is -0.613. The van der Waals surface area contributed by atoms with Crippen LogP contribution in [-0.2, 0) is 4.79 Å². The summed E-state index contributed by atoms with van der Waals surface area (Å²) in [4.78, 5) is 20.6. The number of hydrogen-bond donors (Lipinski definition) is 1. The normalized spacial score (nSPS) is 24.5. The number of rotatable bonds is 4. The molecule has 2 aliphatic rings. The first kappa shape index (κ1) is 16.6. The van der Waals surface area contributed by atoms with Crippen molar-refractivity contribution in [3.63, 3.8) is 0 Å². The summed E-state index contributed by atoms with van der Waals surface area (Å²) in [5.74, 6) is 1.71. The molecule has 0 spiro atoms. The maximum absolute atomic E-state index is 12.5. The second kappa shape index (κ2) is 7.59. The number of amides is 1. The number of nitrogens with zero attached hydrogens (tertiary/aromatic N) is 2. The summed E-state index contributed by atoms with van der Waals surface area (Å²) >= 11 is 0. The standard InChI is InChI=1S/C19H21N3O4/c23-19(17-12-24-15-3-1-2-4-16(15)26-17)22-13-5-7-14(8-6-13)25-18-11-20-9-10-21-18/h1-4,9-11,13-14,17H,5-8,12H2,(H,22,23)/t13?,14?,17-/m0/s1. The molecule has 1 aliphatic heterocycles. The maximum atomic E-state index is 12.5. The molecule has 1 saturated carbocycles. The first-order valence-electron chi connectivity index (χ1n) is 8.89. The molecule has 1 amide bonds. The smallest absolute Gasteiger partial charge is 0.264 e. The summed E-state index contributed by atoms with van der Waals surface area (Å²) < 4.78 is 17.2. The van der Waals surface area contributed by atoms with E-state index in [0.29, 0.717) is 17.4 Å². The SMILES string of the molecule is O=C(NC1CCC(Oc2cnccn2)CC1)[C@@H]1COc2ccccc2O1. The molecule has 0 radical (unpaired) electrons. The Bertz CT molecular complexity index is 747. The van der Waals surface area contributed by atoms with Gasteiger partial charge in [-0.3, -0.25) is 9.78 Å². The highest BCUT2D eigenvalue weighted by molar-refractivity contribution is 5.82. The van der Waals surface area contributed by atoms with Crippen molar-refractivity contribution in [3.05, 3.63) is 42.9 Å². The Morgan fingerprint density at radius 2 is 1.92 bits per heavy atom. The highest BCUT2D eigenvalue weighted by Gasteiger charge is 2.30. The number of carbonyl (C=O) groups excluding carboxylic acids is 1. The van der Waals surface area contributed by atoms with Crippen molar-refractivity contribution in [2.45, 2.75) is 43.9 Å². The summed E-state index contributed by atoms with van der Waals surface area (Å²) in [7, 11) is 0. The number of carbonyl (C=O) groups is 1. The van der Waals surface area contributed by atoms with E-state index in [-0.39, 0.29) is 24.7 Å². The monoisotopic (exact) mass is 355 g/mol. The molecule has 26 heavy (non-hydrogen) atoms. The number of aromatic nitrogens is 2. The summed E-state index contributed by atoms with van der Waals surface area (Å²) in [5.41, 5.74) is 0. The summed E-state index contributed by atoms with van der Waals surface area (Å²) in [6, 6.07) is 7.52. The molecule has 7 heteroatoms. The molecule has 1 aromatic heterocycles. The van der Waals surface area contributed by atoms with Gasteiger partial charge >= 0.3 is 0 Å². The topological polar surface area (TPSA) is 82.6 Å². The Hall–Kier alpha value is -2.83. The first-order chi connectivity index (χ1) is 12.8. The number of fused-ring (bicyclic) bond motifs is 1. The van der Waals surface area contributed by atoms with Gasteiger partial charge in [-0.25, -0.2) is 4.98 Å². The van der Waals surface area contributed by atoms with Crippen LogP contribution < -0.4 is 19.5 Å². The van der Waals surface area contributed by atoms with Crippen LogP contribution in [-0.4, -0.2) is 40.7 Å². The van der Waals surface area contributed by atoms with Crippen molar-refractivity contribution >= 4 is 5.91 Å². The molecule has 0 unspecified atom stereocenters. The molecule has 0 bridgehead atoms. The number of benzene rings is 1. The fourth-order valence-electron chi connectivity index (χ4n) is 3.28. The molecule has 0 saturated heterocycles. The van der Waals surface area contributed by atoms with Gasteiger partial charge in [0.15, 0.2) is 11.5 Å². The Balaban J connectivity index is 1.25. The zero-order chi connectivity index (χ0) is 17.8. The zero-order valence-corrected chi connectivity index (χ0v) is 14.3. The van der Waals surface area contributed by atoms with E-state index in [1.165, 1.54) is 0 Å². The largest absolute Gasteiger partial charge is 0.485 e. The molecule has 1 fully saturated rings. The second-order valence-corrected chi connectivity index (χ2v) is 6.51.